The average molecular weight is 234 g/mol. The van der Waals surface area contributed by atoms with Crippen molar-refractivity contribution in [3.05, 3.63) is 39.9 Å². The first kappa shape index (κ1) is 11.2. The van der Waals surface area contributed by atoms with E-state index in [1.807, 2.05) is 19.2 Å². The Labute approximate surface area is 98.6 Å². The fourth-order valence-electron chi connectivity index (χ4n) is 1.41. The highest BCUT2D eigenvalue weighted by molar-refractivity contribution is 7.09. The number of nitrogens with two attached hydrogens (primary N) is 1. The molecule has 2 aromatic rings. The van der Waals surface area contributed by atoms with Gasteiger partial charge in [-0.05, 0) is 19.4 Å². The largest absolute Gasteiger partial charge is 0.321 e. The summed E-state index contributed by atoms with van der Waals surface area (Å²) >= 11 is 1.64. The highest BCUT2D eigenvalue weighted by atomic mass is 32.1. The van der Waals surface area contributed by atoms with Gasteiger partial charge in [0.2, 0.25) is 0 Å². The number of nitrogens with zero attached hydrogens (tertiary/aromatic N) is 3. The summed E-state index contributed by atoms with van der Waals surface area (Å²) in [6.45, 7) is 3.95. The molecule has 0 aliphatic heterocycles. The standard InChI is InChI=1S/C11H14N4S/c1-7-4-13-11(14-5-7)10(12)3-9-6-16-8(2)15-9/h4-6,10H,3,12H2,1-2H3. The summed E-state index contributed by atoms with van der Waals surface area (Å²) < 4.78 is 0. The van der Waals surface area contributed by atoms with Crippen LogP contribution in [0.3, 0.4) is 0 Å². The topological polar surface area (TPSA) is 64.7 Å². The third-order valence-electron chi connectivity index (χ3n) is 2.23. The summed E-state index contributed by atoms with van der Waals surface area (Å²) in [6, 6.07) is -0.179. The third-order valence-corrected chi connectivity index (χ3v) is 3.05. The minimum atomic E-state index is -0.179. The van der Waals surface area contributed by atoms with Crippen molar-refractivity contribution in [2.75, 3.05) is 0 Å². The van der Waals surface area contributed by atoms with E-state index in [4.69, 9.17) is 5.73 Å². The van der Waals surface area contributed by atoms with Gasteiger partial charge in [0.1, 0.15) is 5.82 Å². The summed E-state index contributed by atoms with van der Waals surface area (Å²) in [5, 5.41) is 3.09. The Hall–Kier alpha value is -1.33. The second kappa shape index (κ2) is 4.67. The van der Waals surface area contributed by atoms with Gasteiger partial charge in [0.05, 0.1) is 16.7 Å². The molecule has 2 N–H and O–H groups in total. The van der Waals surface area contributed by atoms with E-state index in [0.717, 1.165) is 16.3 Å². The van der Waals surface area contributed by atoms with Crippen LogP contribution in [0.15, 0.2) is 17.8 Å². The maximum Gasteiger partial charge on any atom is 0.145 e. The van der Waals surface area contributed by atoms with Gasteiger partial charge in [0.15, 0.2) is 0 Å². The Morgan fingerprint density at radius 3 is 2.56 bits per heavy atom. The molecule has 16 heavy (non-hydrogen) atoms. The highest BCUT2D eigenvalue weighted by Gasteiger charge is 2.11. The Morgan fingerprint density at radius 2 is 2.00 bits per heavy atom. The lowest BCUT2D eigenvalue weighted by Crippen LogP contribution is -2.16. The molecule has 0 aliphatic carbocycles. The van der Waals surface area contributed by atoms with Crippen molar-refractivity contribution >= 4 is 11.3 Å². The molecule has 0 spiro atoms. The van der Waals surface area contributed by atoms with Gasteiger partial charge in [-0.2, -0.15) is 0 Å². The Kier molecular flexibility index (Phi) is 3.26. The van der Waals surface area contributed by atoms with Crippen LogP contribution in [0.4, 0.5) is 0 Å². The van der Waals surface area contributed by atoms with E-state index in [9.17, 15) is 0 Å². The van der Waals surface area contributed by atoms with Gasteiger partial charge in [0, 0.05) is 24.2 Å². The third kappa shape index (κ3) is 2.62. The van der Waals surface area contributed by atoms with Gasteiger partial charge in [0.25, 0.3) is 0 Å². The molecule has 0 saturated heterocycles. The highest BCUT2D eigenvalue weighted by Crippen LogP contribution is 2.14. The van der Waals surface area contributed by atoms with Crippen LogP contribution in [-0.4, -0.2) is 15.0 Å². The zero-order valence-electron chi connectivity index (χ0n) is 9.34. The first-order valence-electron chi connectivity index (χ1n) is 5.10. The average Bonchev–Trinajstić information content (AvgIpc) is 2.65. The van der Waals surface area contributed by atoms with Crippen molar-refractivity contribution in [1.82, 2.24) is 15.0 Å². The predicted octanol–water partition coefficient (Wildman–Crippen LogP) is 1.79. The van der Waals surface area contributed by atoms with Gasteiger partial charge in [-0.3, -0.25) is 0 Å². The summed E-state index contributed by atoms with van der Waals surface area (Å²) in [6.07, 6.45) is 4.26. The minimum Gasteiger partial charge on any atom is -0.321 e. The van der Waals surface area contributed by atoms with Crippen LogP contribution in [-0.2, 0) is 6.42 Å². The predicted molar refractivity (Wildman–Crippen MR) is 64.3 cm³/mol. The minimum absolute atomic E-state index is 0.179. The van der Waals surface area contributed by atoms with Crippen LogP contribution in [0.25, 0.3) is 0 Å². The number of thiazole rings is 1. The molecule has 0 bridgehead atoms. The summed E-state index contributed by atoms with van der Waals surface area (Å²) in [5.74, 6) is 0.677. The van der Waals surface area contributed by atoms with Crippen molar-refractivity contribution in [3.63, 3.8) is 0 Å². The molecule has 84 valence electrons. The van der Waals surface area contributed by atoms with E-state index in [0.29, 0.717) is 12.2 Å². The van der Waals surface area contributed by atoms with Crippen LogP contribution in [0.5, 0.6) is 0 Å². The van der Waals surface area contributed by atoms with Crippen molar-refractivity contribution in [3.8, 4) is 0 Å². The van der Waals surface area contributed by atoms with Gasteiger partial charge in [-0.1, -0.05) is 0 Å². The SMILES string of the molecule is Cc1cnc(C(N)Cc2csc(C)n2)nc1. The monoisotopic (exact) mass is 234 g/mol. The lowest BCUT2D eigenvalue weighted by molar-refractivity contribution is 0.656. The molecule has 1 unspecified atom stereocenters. The number of hydrogen-bond donors (Lipinski definition) is 1. The maximum atomic E-state index is 6.03. The molecule has 2 rings (SSSR count). The molecule has 1 atom stereocenters. The summed E-state index contributed by atoms with van der Waals surface area (Å²) in [4.78, 5) is 12.8. The van der Waals surface area contributed by atoms with Crippen LogP contribution in [0.2, 0.25) is 0 Å². The Morgan fingerprint density at radius 1 is 1.31 bits per heavy atom. The second-order valence-electron chi connectivity index (χ2n) is 3.79. The molecular formula is C11H14N4S. The van der Waals surface area contributed by atoms with Gasteiger partial charge >= 0.3 is 0 Å². The van der Waals surface area contributed by atoms with E-state index in [1.165, 1.54) is 0 Å². The van der Waals surface area contributed by atoms with Gasteiger partial charge in [-0.25, -0.2) is 15.0 Å². The van der Waals surface area contributed by atoms with E-state index in [-0.39, 0.29) is 6.04 Å². The fourth-order valence-corrected chi connectivity index (χ4v) is 2.04. The molecule has 0 aromatic carbocycles. The second-order valence-corrected chi connectivity index (χ2v) is 4.85. The van der Waals surface area contributed by atoms with Crippen LogP contribution < -0.4 is 5.73 Å². The van der Waals surface area contributed by atoms with Crippen molar-refractivity contribution in [2.45, 2.75) is 26.3 Å². The van der Waals surface area contributed by atoms with E-state index in [1.54, 1.807) is 23.7 Å². The number of aryl methyl sites for hydroxylation is 2. The maximum absolute atomic E-state index is 6.03. The fraction of sp³-hybridized carbons (Fsp3) is 0.364. The number of rotatable bonds is 3. The molecular weight excluding hydrogens is 220 g/mol. The normalized spacial score (nSPS) is 12.7. The van der Waals surface area contributed by atoms with Crippen LogP contribution in [0.1, 0.15) is 28.1 Å². The van der Waals surface area contributed by atoms with Crippen LogP contribution >= 0.6 is 11.3 Å². The molecule has 5 heteroatoms. The molecule has 0 fully saturated rings. The van der Waals surface area contributed by atoms with Crippen molar-refractivity contribution < 1.29 is 0 Å². The van der Waals surface area contributed by atoms with Gasteiger partial charge in [-0.15, -0.1) is 11.3 Å². The molecule has 0 saturated carbocycles. The Bertz CT molecular complexity index is 463. The quantitative estimate of drug-likeness (QED) is 0.879. The van der Waals surface area contributed by atoms with Gasteiger partial charge < -0.3 is 5.73 Å². The number of hydrogen-bond acceptors (Lipinski definition) is 5. The number of aromatic nitrogens is 3. The smallest absolute Gasteiger partial charge is 0.145 e. The first-order chi connectivity index (χ1) is 7.65. The lowest BCUT2D eigenvalue weighted by atomic mass is 10.1. The molecule has 2 heterocycles. The molecule has 4 nitrogen and oxygen atoms in total. The van der Waals surface area contributed by atoms with E-state index in [2.05, 4.69) is 15.0 Å². The lowest BCUT2D eigenvalue weighted by Gasteiger charge is -2.07. The van der Waals surface area contributed by atoms with Crippen LogP contribution in [0, 0.1) is 13.8 Å². The van der Waals surface area contributed by atoms with Crippen molar-refractivity contribution in [1.29, 1.82) is 0 Å². The summed E-state index contributed by atoms with van der Waals surface area (Å²) in [5.41, 5.74) is 8.08. The molecule has 0 amide bonds. The zero-order valence-corrected chi connectivity index (χ0v) is 10.2. The molecule has 2 aromatic heterocycles. The summed E-state index contributed by atoms with van der Waals surface area (Å²) in [7, 11) is 0. The molecule has 0 aliphatic rings. The Balaban J connectivity index is 2.08. The van der Waals surface area contributed by atoms with E-state index >= 15 is 0 Å². The first-order valence-corrected chi connectivity index (χ1v) is 5.98. The van der Waals surface area contributed by atoms with E-state index < -0.39 is 0 Å². The molecule has 0 radical (unpaired) electrons. The van der Waals surface area contributed by atoms with Crippen molar-refractivity contribution in [2.24, 2.45) is 5.73 Å². The zero-order chi connectivity index (χ0) is 11.5.